The minimum atomic E-state index is 0.386. The molecule has 1 unspecified atom stereocenters. The molecule has 0 aromatic heterocycles. The van der Waals surface area contributed by atoms with Crippen molar-refractivity contribution in [1.29, 1.82) is 0 Å². The van der Waals surface area contributed by atoms with Crippen molar-refractivity contribution in [1.82, 2.24) is 0 Å². The fraction of sp³-hybridized carbons (Fsp3) is 0.312. The van der Waals surface area contributed by atoms with Crippen LogP contribution in [0.4, 0.5) is 0 Å². The average molecular weight is 256 g/mol. The van der Waals surface area contributed by atoms with Crippen molar-refractivity contribution in [2.75, 3.05) is 0 Å². The van der Waals surface area contributed by atoms with E-state index in [-0.39, 0.29) is 0 Å². The summed E-state index contributed by atoms with van der Waals surface area (Å²) in [6.07, 6.45) is 2.99. The second-order valence-corrected chi connectivity index (χ2v) is 5.17. The number of rotatable bonds is 5. The average Bonchev–Trinajstić information content (AvgIpc) is 2.37. The normalized spacial score (nSPS) is 12.8. The number of hydrogen-bond donors (Lipinski definition) is 1. The molecule has 0 amide bonds. The molecule has 0 radical (unpaired) electrons. The maximum absolute atomic E-state index is 4.40. The quantitative estimate of drug-likeness (QED) is 0.465. The molecule has 1 atom stereocenters. The Kier molecular flexibility index (Phi) is 5.68. The molecule has 2 heteroatoms. The van der Waals surface area contributed by atoms with Gasteiger partial charge in [-0.3, -0.25) is 0 Å². The van der Waals surface area contributed by atoms with Gasteiger partial charge < -0.3 is 0 Å². The number of aryl methyl sites for hydroxylation is 1. The van der Waals surface area contributed by atoms with Crippen LogP contribution in [0.5, 0.6) is 0 Å². The first kappa shape index (κ1) is 15.0. The minimum absolute atomic E-state index is 0.386. The van der Waals surface area contributed by atoms with Crippen LogP contribution in [0.2, 0.25) is 0 Å². The Morgan fingerprint density at radius 3 is 2.67 bits per heavy atom. The van der Waals surface area contributed by atoms with Gasteiger partial charge in [0, 0.05) is 0 Å². The van der Waals surface area contributed by atoms with Gasteiger partial charge in [-0.2, -0.15) is 0 Å². The molecule has 0 saturated heterocycles. The molecule has 0 heterocycles. The Labute approximate surface area is 117 Å². The van der Waals surface area contributed by atoms with E-state index >= 15 is 0 Å². The van der Waals surface area contributed by atoms with E-state index in [1.807, 2.05) is 6.08 Å². The van der Waals surface area contributed by atoms with E-state index in [2.05, 4.69) is 71.7 Å². The van der Waals surface area contributed by atoms with E-state index in [0.717, 1.165) is 16.9 Å². The SMILES string of the molecule is C=CC(C)C(C)=Bc1ccc(CC)cc1C(=C)S. The number of hydrogen-bond acceptors (Lipinski definition) is 1. The molecule has 18 heavy (non-hydrogen) atoms. The Morgan fingerprint density at radius 2 is 2.17 bits per heavy atom. The van der Waals surface area contributed by atoms with Gasteiger partial charge in [0.05, 0.1) is 0 Å². The van der Waals surface area contributed by atoms with Crippen LogP contribution in [-0.4, -0.2) is 12.4 Å². The summed E-state index contributed by atoms with van der Waals surface area (Å²) >= 11 is 4.40. The summed E-state index contributed by atoms with van der Waals surface area (Å²) in [5.41, 5.74) is 4.91. The zero-order chi connectivity index (χ0) is 13.7. The molecule has 0 bridgehead atoms. The third-order valence-corrected chi connectivity index (χ3v) is 3.53. The summed E-state index contributed by atoms with van der Waals surface area (Å²) in [6.45, 7) is 16.4. The zero-order valence-electron chi connectivity index (χ0n) is 11.5. The van der Waals surface area contributed by atoms with E-state index in [9.17, 15) is 0 Å². The van der Waals surface area contributed by atoms with E-state index in [1.165, 1.54) is 16.5 Å². The van der Waals surface area contributed by atoms with Crippen LogP contribution < -0.4 is 5.46 Å². The van der Waals surface area contributed by atoms with Crippen LogP contribution >= 0.6 is 12.6 Å². The second-order valence-electron chi connectivity index (χ2n) is 4.63. The molecular formula is C16H21BS. The fourth-order valence-electron chi connectivity index (χ4n) is 1.76. The van der Waals surface area contributed by atoms with E-state index in [1.54, 1.807) is 0 Å². The fourth-order valence-corrected chi connectivity index (χ4v) is 1.96. The van der Waals surface area contributed by atoms with Gasteiger partial charge in [-0.15, -0.1) is 0 Å². The van der Waals surface area contributed by atoms with E-state index < -0.39 is 0 Å². The van der Waals surface area contributed by atoms with Gasteiger partial charge in [0.2, 0.25) is 0 Å². The molecule has 0 saturated carbocycles. The van der Waals surface area contributed by atoms with Crippen molar-refractivity contribution in [3.05, 3.63) is 48.6 Å². The van der Waals surface area contributed by atoms with Gasteiger partial charge in [0.1, 0.15) is 0 Å². The predicted molar refractivity (Wildman–Crippen MR) is 89.3 cm³/mol. The first-order valence-corrected chi connectivity index (χ1v) is 6.76. The molecule has 0 nitrogen and oxygen atoms in total. The maximum atomic E-state index is 4.40. The molecular weight excluding hydrogens is 235 g/mol. The Bertz CT molecular complexity index is 486. The van der Waals surface area contributed by atoms with Crippen LogP contribution in [0, 0.1) is 5.92 Å². The van der Waals surface area contributed by atoms with Crippen molar-refractivity contribution in [2.45, 2.75) is 27.2 Å². The van der Waals surface area contributed by atoms with Crippen LogP contribution in [0.3, 0.4) is 0 Å². The summed E-state index contributed by atoms with van der Waals surface area (Å²) in [4.78, 5) is 0.815. The van der Waals surface area contributed by atoms with Gasteiger partial charge in [-0.1, -0.05) is 0 Å². The summed E-state index contributed by atoms with van der Waals surface area (Å²) < 4.78 is 0. The van der Waals surface area contributed by atoms with Gasteiger partial charge >= 0.3 is 117 Å². The second kappa shape index (κ2) is 6.79. The van der Waals surface area contributed by atoms with Gasteiger partial charge in [0.15, 0.2) is 0 Å². The van der Waals surface area contributed by atoms with Gasteiger partial charge in [0.25, 0.3) is 0 Å². The molecule has 0 aliphatic rings. The van der Waals surface area contributed by atoms with Crippen molar-refractivity contribution in [3.8, 4) is 0 Å². The van der Waals surface area contributed by atoms with Gasteiger partial charge in [-0.05, 0) is 0 Å². The van der Waals surface area contributed by atoms with E-state index in [0.29, 0.717) is 5.92 Å². The molecule has 1 aromatic carbocycles. The zero-order valence-corrected chi connectivity index (χ0v) is 12.4. The van der Waals surface area contributed by atoms with Crippen molar-refractivity contribution < 1.29 is 0 Å². The van der Waals surface area contributed by atoms with Crippen LogP contribution in [0.25, 0.3) is 4.91 Å². The van der Waals surface area contributed by atoms with Crippen molar-refractivity contribution >= 4 is 35.4 Å². The van der Waals surface area contributed by atoms with Gasteiger partial charge in [-0.25, -0.2) is 0 Å². The summed E-state index contributed by atoms with van der Waals surface area (Å²) in [6, 6.07) is 6.49. The number of thiol groups is 1. The third kappa shape index (κ3) is 3.74. The van der Waals surface area contributed by atoms with Crippen LogP contribution in [-0.2, 0) is 6.42 Å². The van der Waals surface area contributed by atoms with Crippen molar-refractivity contribution in [3.63, 3.8) is 0 Å². The van der Waals surface area contributed by atoms with Crippen LogP contribution in [0.15, 0.2) is 37.4 Å². The molecule has 0 N–H and O–H groups in total. The Balaban J connectivity index is 3.24. The molecule has 0 aliphatic heterocycles. The molecule has 94 valence electrons. The van der Waals surface area contributed by atoms with Crippen molar-refractivity contribution in [2.24, 2.45) is 5.92 Å². The predicted octanol–water partition coefficient (Wildman–Crippen LogP) is 3.49. The molecule has 0 spiro atoms. The molecule has 0 fully saturated rings. The number of benzene rings is 1. The molecule has 1 aromatic rings. The Hall–Kier alpha value is -1.02. The first-order chi connectivity index (χ1) is 8.49. The van der Waals surface area contributed by atoms with Crippen LogP contribution in [0.1, 0.15) is 31.9 Å². The summed E-state index contributed by atoms with van der Waals surface area (Å²) in [5, 5.41) is 0. The Morgan fingerprint density at radius 1 is 1.50 bits per heavy atom. The monoisotopic (exact) mass is 256 g/mol. The molecule has 1 rings (SSSR count). The summed E-state index contributed by atoms with van der Waals surface area (Å²) in [5.74, 6) is 0.386. The number of allylic oxidation sites excluding steroid dienone is 1. The molecule has 0 aliphatic carbocycles. The third-order valence-electron chi connectivity index (χ3n) is 3.29. The topological polar surface area (TPSA) is 0 Å². The summed E-state index contributed by atoms with van der Waals surface area (Å²) in [7, 11) is 0. The standard InChI is InChI=1S/C16H21BS/c1-6-11(3)12(4)17-16-9-8-14(7-2)10-15(16)13(5)18/h6,8-11,18H,1,5,7H2,2-4H3. The van der Waals surface area contributed by atoms with E-state index in [4.69, 9.17) is 0 Å². The first-order valence-electron chi connectivity index (χ1n) is 6.31.